The molecule has 1 rings (SSSR count). The molecule has 16 heavy (non-hydrogen) atoms. The molecule has 0 saturated heterocycles. The van der Waals surface area contributed by atoms with Gasteiger partial charge in [0, 0.05) is 0 Å². The van der Waals surface area contributed by atoms with Gasteiger partial charge in [-0.1, -0.05) is 13.3 Å². The van der Waals surface area contributed by atoms with Crippen LogP contribution in [-0.4, -0.2) is 28.6 Å². The van der Waals surface area contributed by atoms with Gasteiger partial charge in [0.05, 0.1) is 18.0 Å². The standard InChI is InChI=1S/C11H20N2O3/c1-2-4-8(12)10(16)13-11(5-3-6-11)7-9(14)15/h8H,2-7,12H2,1H3,(H,13,16)(H,14,15)/t8-/m1/s1. The fourth-order valence-electron chi connectivity index (χ4n) is 2.04. The van der Waals surface area contributed by atoms with Crippen molar-refractivity contribution < 1.29 is 14.7 Å². The van der Waals surface area contributed by atoms with E-state index in [0.717, 1.165) is 25.7 Å². The molecule has 0 aliphatic heterocycles. The van der Waals surface area contributed by atoms with Crippen molar-refractivity contribution in [2.24, 2.45) is 5.73 Å². The van der Waals surface area contributed by atoms with Crippen LogP contribution in [0.25, 0.3) is 0 Å². The highest BCUT2D eigenvalue weighted by molar-refractivity contribution is 5.83. The molecule has 5 heteroatoms. The predicted octanol–water partition coefficient (Wildman–Crippen LogP) is 0.627. The SMILES string of the molecule is CCC[C@@H](N)C(=O)NC1(CC(=O)O)CCC1. The van der Waals surface area contributed by atoms with E-state index < -0.39 is 17.6 Å². The first-order chi connectivity index (χ1) is 7.49. The van der Waals surface area contributed by atoms with Crippen LogP contribution in [0.3, 0.4) is 0 Å². The van der Waals surface area contributed by atoms with Gasteiger partial charge in [-0.05, 0) is 25.7 Å². The van der Waals surface area contributed by atoms with Crippen LogP contribution in [0, 0.1) is 0 Å². The van der Waals surface area contributed by atoms with E-state index in [1.807, 2.05) is 6.92 Å². The minimum Gasteiger partial charge on any atom is -0.481 e. The van der Waals surface area contributed by atoms with E-state index in [-0.39, 0.29) is 12.3 Å². The zero-order chi connectivity index (χ0) is 12.2. The number of carboxylic acid groups (broad SMARTS) is 1. The Morgan fingerprint density at radius 1 is 1.50 bits per heavy atom. The first-order valence-corrected chi connectivity index (χ1v) is 5.78. The third-order valence-electron chi connectivity index (χ3n) is 3.13. The van der Waals surface area contributed by atoms with E-state index in [4.69, 9.17) is 10.8 Å². The van der Waals surface area contributed by atoms with Gasteiger partial charge in [0.1, 0.15) is 0 Å². The quantitative estimate of drug-likeness (QED) is 0.621. The molecule has 5 nitrogen and oxygen atoms in total. The van der Waals surface area contributed by atoms with Gasteiger partial charge >= 0.3 is 5.97 Å². The number of rotatable bonds is 6. The Labute approximate surface area is 95.4 Å². The highest BCUT2D eigenvalue weighted by Gasteiger charge is 2.40. The van der Waals surface area contributed by atoms with Gasteiger partial charge < -0.3 is 16.2 Å². The van der Waals surface area contributed by atoms with Crippen molar-refractivity contribution in [3.8, 4) is 0 Å². The van der Waals surface area contributed by atoms with E-state index >= 15 is 0 Å². The second-order valence-corrected chi connectivity index (χ2v) is 4.59. The molecule has 0 heterocycles. The second kappa shape index (κ2) is 5.30. The molecule has 1 fully saturated rings. The summed E-state index contributed by atoms with van der Waals surface area (Å²) in [6.07, 6.45) is 3.93. The molecule has 0 bridgehead atoms. The van der Waals surface area contributed by atoms with Crippen LogP contribution < -0.4 is 11.1 Å². The van der Waals surface area contributed by atoms with E-state index in [9.17, 15) is 9.59 Å². The summed E-state index contributed by atoms with van der Waals surface area (Å²) in [5, 5.41) is 11.6. The maximum absolute atomic E-state index is 11.7. The zero-order valence-electron chi connectivity index (χ0n) is 9.66. The average molecular weight is 228 g/mol. The number of amides is 1. The first-order valence-electron chi connectivity index (χ1n) is 5.78. The molecule has 0 spiro atoms. The van der Waals surface area contributed by atoms with Crippen LogP contribution in [0.1, 0.15) is 45.4 Å². The van der Waals surface area contributed by atoms with Gasteiger partial charge in [-0.2, -0.15) is 0 Å². The molecule has 0 unspecified atom stereocenters. The summed E-state index contributed by atoms with van der Waals surface area (Å²) in [6.45, 7) is 1.96. The molecule has 0 aromatic rings. The third kappa shape index (κ3) is 3.20. The summed E-state index contributed by atoms with van der Waals surface area (Å²) in [6, 6.07) is -0.517. The van der Waals surface area contributed by atoms with Gasteiger partial charge in [0.25, 0.3) is 0 Å². The lowest BCUT2D eigenvalue weighted by Crippen LogP contribution is -2.58. The van der Waals surface area contributed by atoms with Gasteiger partial charge in [0.15, 0.2) is 0 Å². The van der Waals surface area contributed by atoms with Crippen molar-refractivity contribution >= 4 is 11.9 Å². The van der Waals surface area contributed by atoms with Crippen molar-refractivity contribution in [3.05, 3.63) is 0 Å². The Kier molecular flexibility index (Phi) is 4.29. The molecule has 0 aromatic carbocycles. The third-order valence-corrected chi connectivity index (χ3v) is 3.13. The molecule has 0 aromatic heterocycles. The highest BCUT2D eigenvalue weighted by Crippen LogP contribution is 2.34. The fourth-order valence-corrected chi connectivity index (χ4v) is 2.04. The smallest absolute Gasteiger partial charge is 0.305 e. The monoisotopic (exact) mass is 228 g/mol. The van der Waals surface area contributed by atoms with Crippen LogP contribution in [0.4, 0.5) is 0 Å². The molecule has 0 radical (unpaired) electrons. The molecule has 4 N–H and O–H groups in total. The van der Waals surface area contributed by atoms with Crippen LogP contribution >= 0.6 is 0 Å². The second-order valence-electron chi connectivity index (χ2n) is 4.59. The summed E-state index contributed by atoms with van der Waals surface area (Å²) in [4.78, 5) is 22.4. The normalized spacial score (nSPS) is 19.6. The summed E-state index contributed by atoms with van der Waals surface area (Å²) >= 11 is 0. The van der Waals surface area contributed by atoms with Crippen molar-refractivity contribution in [1.29, 1.82) is 0 Å². The fraction of sp³-hybridized carbons (Fsp3) is 0.818. The van der Waals surface area contributed by atoms with Crippen molar-refractivity contribution in [2.45, 2.75) is 57.0 Å². The molecular formula is C11H20N2O3. The lowest BCUT2D eigenvalue weighted by atomic mass is 9.74. The van der Waals surface area contributed by atoms with Gasteiger partial charge in [-0.25, -0.2) is 0 Å². The Hall–Kier alpha value is -1.10. The summed E-state index contributed by atoms with van der Waals surface area (Å²) in [5.41, 5.74) is 5.15. The number of nitrogens with two attached hydrogens (primary N) is 1. The van der Waals surface area contributed by atoms with E-state index in [2.05, 4.69) is 5.32 Å². The molecule has 1 atom stereocenters. The minimum atomic E-state index is -0.871. The molecule has 1 aliphatic rings. The number of carboxylic acids is 1. The molecule has 92 valence electrons. The number of carbonyl (C=O) groups is 2. The number of aliphatic carboxylic acids is 1. The Morgan fingerprint density at radius 3 is 2.50 bits per heavy atom. The highest BCUT2D eigenvalue weighted by atomic mass is 16.4. The average Bonchev–Trinajstić information content (AvgIpc) is 2.13. The predicted molar refractivity (Wildman–Crippen MR) is 59.9 cm³/mol. The van der Waals surface area contributed by atoms with Crippen molar-refractivity contribution in [2.75, 3.05) is 0 Å². The minimum absolute atomic E-state index is 0.00240. The van der Waals surface area contributed by atoms with Crippen LogP contribution in [0.2, 0.25) is 0 Å². The van der Waals surface area contributed by atoms with E-state index in [1.165, 1.54) is 0 Å². The lowest BCUT2D eigenvalue weighted by Gasteiger charge is -2.42. The van der Waals surface area contributed by atoms with Crippen LogP contribution in [-0.2, 0) is 9.59 Å². The van der Waals surface area contributed by atoms with Crippen molar-refractivity contribution in [3.63, 3.8) is 0 Å². The number of nitrogens with one attached hydrogen (secondary N) is 1. The topological polar surface area (TPSA) is 92.4 Å². The van der Waals surface area contributed by atoms with Gasteiger partial charge in [-0.3, -0.25) is 9.59 Å². The summed E-state index contributed by atoms with van der Waals surface area (Å²) in [7, 11) is 0. The molecule has 1 aliphatic carbocycles. The van der Waals surface area contributed by atoms with Gasteiger partial charge in [-0.15, -0.1) is 0 Å². The molecule has 1 saturated carbocycles. The van der Waals surface area contributed by atoms with Crippen LogP contribution in [0.15, 0.2) is 0 Å². The lowest BCUT2D eigenvalue weighted by molar-refractivity contribution is -0.140. The number of carbonyl (C=O) groups excluding carboxylic acids is 1. The van der Waals surface area contributed by atoms with E-state index in [0.29, 0.717) is 6.42 Å². The van der Waals surface area contributed by atoms with E-state index in [1.54, 1.807) is 0 Å². The maximum atomic E-state index is 11.7. The molecular weight excluding hydrogens is 208 g/mol. The van der Waals surface area contributed by atoms with Crippen LogP contribution in [0.5, 0.6) is 0 Å². The Bertz CT molecular complexity index is 274. The van der Waals surface area contributed by atoms with Gasteiger partial charge in [0.2, 0.25) is 5.91 Å². The Balaban J connectivity index is 2.49. The summed E-state index contributed by atoms with van der Waals surface area (Å²) in [5.74, 6) is -1.09. The zero-order valence-corrected chi connectivity index (χ0v) is 9.66. The summed E-state index contributed by atoms with van der Waals surface area (Å²) < 4.78 is 0. The number of hydrogen-bond acceptors (Lipinski definition) is 3. The largest absolute Gasteiger partial charge is 0.481 e. The van der Waals surface area contributed by atoms with Crippen molar-refractivity contribution in [1.82, 2.24) is 5.32 Å². The Morgan fingerprint density at radius 2 is 2.12 bits per heavy atom. The first kappa shape index (κ1) is 13.0. The maximum Gasteiger partial charge on any atom is 0.305 e. The number of hydrogen-bond donors (Lipinski definition) is 3. The molecule has 1 amide bonds.